The number of sulfone groups is 1. The molecule has 0 N–H and O–H groups in total. The summed E-state index contributed by atoms with van der Waals surface area (Å²) in [5.41, 5.74) is 0.996. The van der Waals surface area contributed by atoms with E-state index in [1.54, 1.807) is 41.1 Å². The zero-order chi connectivity index (χ0) is 26.3. The van der Waals surface area contributed by atoms with Crippen molar-refractivity contribution in [3.8, 4) is 11.5 Å². The number of piperazine rings is 1. The first-order chi connectivity index (χ1) is 17.7. The zero-order valence-electron chi connectivity index (χ0n) is 20.3. The number of fused-ring (bicyclic) bond motifs is 1. The second-order valence-corrected chi connectivity index (χ2v) is 11.3. The molecule has 5 rings (SSSR count). The smallest absolute Gasteiger partial charge is 0.336 e. The van der Waals surface area contributed by atoms with Gasteiger partial charge in [0.1, 0.15) is 11.4 Å². The van der Waals surface area contributed by atoms with E-state index in [1.807, 2.05) is 18.9 Å². The van der Waals surface area contributed by atoms with Gasteiger partial charge in [0, 0.05) is 49.3 Å². The number of benzene rings is 2. The molecule has 194 valence electrons. The van der Waals surface area contributed by atoms with Crippen LogP contribution in [0.15, 0.2) is 57.0 Å². The number of hydrogen-bond acceptors (Lipinski definition) is 8. The highest BCUT2D eigenvalue weighted by atomic mass is 35.5. The predicted molar refractivity (Wildman–Crippen MR) is 139 cm³/mol. The maximum absolute atomic E-state index is 15.2. The number of anilines is 1. The van der Waals surface area contributed by atoms with Crippen LogP contribution in [-0.2, 0) is 22.1 Å². The van der Waals surface area contributed by atoms with Crippen LogP contribution in [0.5, 0.6) is 0 Å². The van der Waals surface area contributed by atoms with Crippen molar-refractivity contribution >= 4 is 38.0 Å². The maximum atomic E-state index is 15.2. The third-order valence-electron chi connectivity index (χ3n) is 6.51. The summed E-state index contributed by atoms with van der Waals surface area (Å²) in [6.45, 7) is 5.37. The van der Waals surface area contributed by atoms with E-state index in [4.69, 9.17) is 16.0 Å². The number of rotatable bonds is 6. The standard InChI is InChI=1S/C25H25ClFN5O4S/c1-3-31-14-19(24-28-29-25(36-24)37(34,35)15-16-4-6-17(26)7-5-16)23(33)18-12-20(27)22(13-21(18)31)32-10-8-30(2)9-11-32/h4-7,12-14H,3,8-11,15H2,1-2H3. The van der Waals surface area contributed by atoms with Crippen LogP contribution < -0.4 is 10.3 Å². The van der Waals surface area contributed by atoms with Gasteiger partial charge in [-0.05, 0) is 43.8 Å². The molecule has 4 aromatic rings. The van der Waals surface area contributed by atoms with Crippen LogP contribution in [0.25, 0.3) is 22.4 Å². The van der Waals surface area contributed by atoms with Crippen LogP contribution in [0.1, 0.15) is 12.5 Å². The number of aromatic nitrogens is 3. The Bertz CT molecular complexity index is 1630. The van der Waals surface area contributed by atoms with Crippen molar-refractivity contribution in [3.63, 3.8) is 0 Å². The van der Waals surface area contributed by atoms with Gasteiger partial charge in [-0.15, -0.1) is 5.10 Å². The Labute approximate surface area is 218 Å². The molecule has 9 nitrogen and oxygen atoms in total. The minimum absolute atomic E-state index is 0.00143. The summed E-state index contributed by atoms with van der Waals surface area (Å²) in [6, 6.07) is 9.27. The fourth-order valence-corrected chi connectivity index (χ4v) is 5.66. The number of hydrogen-bond donors (Lipinski definition) is 0. The third kappa shape index (κ3) is 4.98. The van der Waals surface area contributed by atoms with Gasteiger partial charge in [-0.25, -0.2) is 12.8 Å². The average Bonchev–Trinajstić information content (AvgIpc) is 3.37. The number of pyridine rings is 1. The second kappa shape index (κ2) is 9.88. The molecule has 3 heterocycles. The predicted octanol–water partition coefficient (Wildman–Crippen LogP) is 3.59. The fourth-order valence-electron chi connectivity index (χ4n) is 4.41. The summed E-state index contributed by atoms with van der Waals surface area (Å²) >= 11 is 5.87. The summed E-state index contributed by atoms with van der Waals surface area (Å²) in [5.74, 6) is -1.11. The molecule has 0 aliphatic carbocycles. The Hall–Kier alpha value is -3.28. The van der Waals surface area contributed by atoms with Crippen LogP contribution in [0.2, 0.25) is 5.02 Å². The van der Waals surface area contributed by atoms with Crippen LogP contribution >= 0.6 is 11.6 Å². The summed E-state index contributed by atoms with van der Waals surface area (Å²) in [6.07, 6.45) is 1.54. The number of halogens is 2. The van der Waals surface area contributed by atoms with E-state index in [-0.39, 0.29) is 22.6 Å². The molecule has 0 atom stereocenters. The lowest BCUT2D eigenvalue weighted by Gasteiger charge is -2.34. The molecule has 1 saturated heterocycles. The largest absolute Gasteiger partial charge is 0.408 e. The summed E-state index contributed by atoms with van der Waals surface area (Å²) in [4.78, 5) is 17.5. The molecule has 2 aromatic heterocycles. The van der Waals surface area contributed by atoms with Gasteiger partial charge in [-0.2, -0.15) is 0 Å². The van der Waals surface area contributed by atoms with Gasteiger partial charge < -0.3 is 18.8 Å². The molecule has 2 aromatic carbocycles. The van der Waals surface area contributed by atoms with E-state index in [9.17, 15) is 13.2 Å². The van der Waals surface area contributed by atoms with Crippen LogP contribution in [0.4, 0.5) is 10.1 Å². The lowest BCUT2D eigenvalue weighted by Crippen LogP contribution is -2.44. The van der Waals surface area contributed by atoms with E-state index in [0.717, 1.165) is 13.1 Å². The number of nitrogens with zero attached hydrogens (tertiary/aromatic N) is 5. The van der Waals surface area contributed by atoms with Crippen LogP contribution in [-0.4, -0.2) is 61.3 Å². The van der Waals surface area contributed by atoms with Gasteiger partial charge in [-0.1, -0.05) is 28.8 Å². The summed E-state index contributed by atoms with van der Waals surface area (Å²) in [5, 5.41) is 7.56. The molecule has 0 radical (unpaired) electrons. The number of likely N-dealkylation sites (N-methyl/N-ethyl adjacent to an activating group) is 1. The van der Waals surface area contributed by atoms with Crippen molar-refractivity contribution < 1.29 is 17.2 Å². The Balaban J connectivity index is 1.52. The molecule has 1 aliphatic rings. The zero-order valence-corrected chi connectivity index (χ0v) is 21.9. The van der Waals surface area contributed by atoms with Crippen molar-refractivity contribution in [1.29, 1.82) is 0 Å². The molecule has 12 heteroatoms. The first-order valence-corrected chi connectivity index (χ1v) is 13.8. The molecular formula is C25H25ClFN5O4S. The normalized spacial score (nSPS) is 15.0. The Morgan fingerprint density at radius 1 is 1.08 bits per heavy atom. The molecule has 37 heavy (non-hydrogen) atoms. The van der Waals surface area contributed by atoms with E-state index >= 15 is 4.39 Å². The minimum Gasteiger partial charge on any atom is -0.408 e. The van der Waals surface area contributed by atoms with Crippen LogP contribution in [0, 0.1) is 5.82 Å². The molecule has 0 spiro atoms. The Morgan fingerprint density at radius 3 is 2.46 bits per heavy atom. The quantitative estimate of drug-likeness (QED) is 0.362. The third-order valence-corrected chi connectivity index (χ3v) is 8.17. The minimum atomic E-state index is -3.97. The second-order valence-electron chi connectivity index (χ2n) is 9.03. The van der Waals surface area contributed by atoms with E-state index < -0.39 is 26.3 Å². The summed E-state index contributed by atoms with van der Waals surface area (Å²) < 4.78 is 48.1. The van der Waals surface area contributed by atoms with E-state index in [2.05, 4.69) is 15.1 Å². The van der Waals surface area contributed by atoms with Crippen molar-refractivity contribution in [2.24, 2.45) is 0 Å². The lowest BCUT2D eigenvalue weighted by atomic mass is 10.1. The monoisotopic (exact) mass is 545 g/mol. The summed E-state index contributed by atoms with van der Waals surface area (Å²) in [7, 11) is -1.95. The first kappa shape index (κ1) is 25.4. The highest BCUT2D eigenvalue weighted by molar-refractivity contribution is 7.90. The highest BCUT2D eigenvalue weighted by Gasteiger charge is 2.26. The number of aryl methyl sites for hydroxylation is 1. The molecule has 0 unspecified atom stereocenters. The van der Waals surface area contributed by atoms with Crippen molar-refractivity contribution in [2.45, 2.75) is 24.4 Å². The molecule has 0 bridgehead atoms. The van der Waals surface area contributed by atoms with Gasteiger partial charge in [0.05, 0.1) is 17.0 Å². The topological polar surface area (TPSA) is 102 Å². The average molecular weight is 546 g/mol. The Kier molecular flexibility index (Phi) is 6.78. The SMILES string of the molecule is CCn1cc(-c2nnc(S(=O)(=O)Cc3ccc(Cl)cc3)o2)c(=O)c2cc(F)c(N3CCN(C)CC3)cc21. The van der Waals surface area contributed by atoms with Gasteiger partial charge in [0.2, 0.25) is 15.3 Å². The van der Waals surface area contributed by atoms with Crippen LogP contribution in [0.3, 0.4) is 0 Å². The van der Waals surface area contributed by atoms with Gasteiger partial charge in [0.25, 0.3) is 5.89 Å². The lowest BCUT2D eigenvalue weighted by molar-refractivity contribution is 0.312. The van der Waals surface area contributed by atoms with Gasteiger partial charge in [0.15, 0.2) is 0 Å². The van der Waals surface area contributed by atoms with Gasteiger partial charge in [-0.3, -0.25) is 4.79 Å². The van der Waals surface area contributed by atoms with E-state index in [1.165, 1.54) is 6.07 Å². The van der Waals surface area contributed by atoms with Crippen molar-refractivity contribution in [3.05, 3.63) is 69.2 Å². The van der Waals surface area contributed by atoms with Crippen molar-refractivity contribution in [2.75, 3.05) is 38.1 Å². The molecule has 1 aliphatic heterocycles. The van der Waals surface area contributed by atoms with Crippen molar-refractivity contribution in [1.82, 2.24) is 19.7 Å². The molecule has 1 fully saturated rings. The molecule has 0 saturated carbocycles. The fraction of sp³-hybridized carbons (Fsp3) is 0.320. The first-order valence-electron chi connectivity index (χ1n) is 11.8. The maximum Gasteiger partial charge on any atom is 0.336 e. The highest BCUT2D eigenvalue weighted by Crippen LogP contribution is 2.28. The van der Waals surface area contributed by atoms with E-state index in [0.29, 0.717) is 41.4 Å². The Morgan fingerprint density at radius 2 is 1.78 bits per heavy atom. The molecule has 0 amide bonds. The van der Waals surface area contributed by atoms with Gasteiger partial charge >= 0.3 is 5.22 Å². The molecular weight excluding hydrogens is 521 g/mol.